The molecule has 0 aliphatic carbocycles. The second-order valence-corrected chi connectivity index (χ2v) is 5.04. The Morgan fingerprint density at radius 3 is 2.20 bits per heavy atom. The van der Waals surface area contributed by atoms with Crippen molar-refractivity contribution >= 4 is 10.0 Å². The van der Waals surface area contributed by atoms with Crippen LogP contribution in [0.3, 0.4) is 0 Å². The van der Waals surface area contributed by atoms with Gasteiger partial charge in [-0.05, 0) is 11.1 Å². The van der Waals surface area contributed by atoms with Crippen molar-refractivity contribution in [1.29, 1.82) is 0 Å². The lowest BCUT2D eigenvalue weighted by atomic mass is 10.2. The fourth-order valence-corrected chi connectivity index (χ4v) is 2.40. The molecule has 0 aliphatic heterocycles. The molecule has 0 saturated carbocycles. The van der Waals surface area contributed by atoms with Crippen molar-refractivity contribution in [2.45, 2.75) is 19.3 Å². The fraction of sp³-hybridized carbons (Fsp3) is 0.400. The number of rotatable bonds is 5. The summed E-state index contributed by atoms with van der Waals surface area (Å²) in [5.41, 5.74) is 1.49. The fourth-order valence-electron chi connectivity index (χ4n) is 1.23. The van der Waals surface area contributed by atoms with Crippen LogP contribution in [0.2, 0.25) is 0 Å². The van der Waals surface area contributed by atoms with E-state index in [0.29, 0.717) is 12.1 Å². The van der Waals surface area contributed by atoms with E-state index in [0.717, 1.165) is 5.56 Å². The van der Waals surface area contributed by atoms with E-state index in [1.807, 2.05) is 0 Å². The lowest BCUT2D eigenvalue weighted by molar-refractivity contribution is 0.282. The molecule has 1 aromatic rings. The van der Waals surface area contributed by atoms with Crippen LogP contribution in [-0.2, 0) is 22.4 Å². The minimum Gasteiger partial charge on any atom is -0.392 e. The molecule has 0 radical (unpaired) electrons. The second kappa shape index (κ2) is 5.25. The first kappa shape index (κ1) is 12.2. The van der Waals surface area contributed by atoms with E-state index in [-0.39, 0.29) is 12.4 Å². The van der Waals surface area contributed by atoms with Gasteiger partial charge < -0.3 is 5.11 Å². The highest BCUT2D eigenvalue weighted by Gasteiger charge is 2.09. The van der Waals surface area contributed by atoms with Gasteiger partial charge in [0.15, 0.2) is 0 Å². The molecule has 0 bridgehead atoms. The van der Waals surface area contributed by atoms with Crippen LogP contribution >= 0.6 is 0 Å². The molecule has 1 aromatic carbocycles. The minimum absolute atomic E-state index is 0.0213. The van der Waals surface area contributed by atoms with Gasteiger partial charge in [-0.15, -0.1) is 0 Å². The Morgan fingerprint density at radius 2 is 1.73 bits per heavy atom. The quantitative estimate of drug-likeness (QED) is 0.777. The van der Waals surface area contributed by atoms with Crippen LogP contribution in [-0.4, -0.2) is 20.1 Å². The summed E-state index contributed by atoms with van der Waals surface area (Å²) in [4.78, 5) is 0. The highest BCUT2D eigenvalue weighted by molar-refractivity contribution is 7.88. The molecule has 0 fully saturated rings. The van der Waals surface area contributed by atoms with Crippen LogP contribution in [0.4, 0.5) is 0 Å². The Hall–Kier alpha value is -0.910. The highest BCUT2D eigenvalue weighted by Crippen LogP contribution is 2.07. The molecule has 0 saturated heterocycles. The molecule has 0 unspecified atom stereocenters. The normalized spacial score (nSPS) is 11.6. The predicted octanol–water partition coefficient (Wildman–Crippen LogP) is 0.618. The summed E-state index contributed by atoms with van der Waals surface area (Å²) < 4.78 is 25.2. The van der Waals surface area contributed by atoms with Crippen molar-refractivity contribution < 1.29 is 13.5 Å². The Bertz CT molecular complexity index is 397. The summed E-state index contributed by atoms with van der Waals surface area (Å²) in [6.07, 6.45) is 0. The number of hydrogen-bond donors (Lipinski definition) is 2. The van der Waals surface area contributed by atoms with E-state index < -0.39 is 10.0 Å². The maximum Gasteiger partial charge on any atom is 0.215 e. The molecule has 84 valence electrons. The van der Waals surface area contributed by atoms with Gasteiger partial charge in [0.1, 0.15) is 0 Å². The van der Waals surface area contributed by atoms with E-state index >= 15 is 0 Å². The summed E-state index contributed by atoms with van der Waals surface area (Å²) in [5.74, 6) is -0.0213. The van der Waals surface area contributed by atoms with Crippen LogP contribution < -0.4 is 4.72 Å². The topological polar surface area (TPSA) is 66.4 Å². The van der Waals surface area contributed by atoms with Crippen LogP contribution in [0.5, 0.6) is 0 Å². The molecule has 0 atom stereocenters. The van der Waals surface area contributed by atoms with Gasteiger partial charge in [-0.2, -0.15) is 0 Å². The molecule has 0 spiro atoms. The van der Waals surface area contributed by atoms with Crippen molar-refractivity contribution in [2.24, 2.45) is 0 Å². The predicted molar refractivity (Wildman–Crippen MR) is 58.7 cm³/mol. The number of nitrogens with one attached hydrogen (secondary N) is 1. The third kappa shape index (κ3) is 3.99. The highest BCUT2D eigenvalue weighted by atomic mass is 32.2. The van der Waals surface area contributed by atoms with E-state index in [4.69, 9.17) is 5.11 Å². The molecule has 2 N–H and O–H groups in total. The first-order chi connectivity index (χ1) is 7.07. The van der Waals surface area contributed by atoms with E-state index in [9.17, 15) is 8.42 Å². The van der Waals surface area contributed by atoms with E-state index in [1.54, 1.807) is 31.2 Å². The van der Waals surface area contributed by atoms with Crippen molar-refractivity contribution in [3.8, 4) is 0 Å². The molecule has 5 heteroatoms. The molecule has 4 nitrogen and oxygen atoms in total. The molecule has 0 amide bonds. The summed E-state index contributed by atoms with van der Waals surface area (Å²) >= 11 is 0. The van der Waals surface area contributed by atoms with Gasteiger partial charge in [-0.3, -0.25) is 0 Å². The monoisotopic (exact) mass is 229 g/mol. The molecular weight excluding hydrogens is 214 g/mol. The van der Waals surface area contributed by atoms with Gasteiger partial charge in [-0.25, -0.2) is 13.1 Å². The number of aliphatic hydroxyl groups is 1. The first-order valence-corrected chi connectivity index (χ1v) is 6.38. The van der Waals surface area contributed by atoms with Gasteiger partial charge in [0.05, 0.1) is 12.4 Å². The summed E-state index contributed by atoms with van der Waals surface area (Å²) in [7, 11) is -3.22. The van der Waals surface area contributed by atoms with Gasteiger partial charge in [-0.1, -0.05) is 31.2 Å². The first-order valence-electron chi connectivity index (χ1n) is 4.73. The van der Waals surface area contributed by atoms with Crippen molar-refractivity contribution in [3.05, 3.63) is 35.4 Å². The Morgan fingerprint density at radius 1 is 1.20 bits per heavy atom. The molecule has 0 aliphatic rings. The van der Waals surface area contributed by atoms with Crippen molar-refractivity contribution in [2.75, 3.05) is 6.54 Å². The number of hydrogen-bond acceptors (Lipinski definition) is 3. The van der Waals surface area contributed by atoms with Gasteiger partial charge in [0, 0.05) is 6.54 Å². The van der Waals surface area contributed by atoms with Gasteiger partial charge in [0.2, 0.25) is 10.0 Å². The van der Waals surface area contributed by atoms with Crippen molar-refractivity contribution in [1.82, 2.24) is 4.72 Å². The number of benzene rings is 1. The zero-order valence-electron chi connectivity index (χ0n) is 8.60. The summed E-state index contributed by atoms with van der Waals surface area (Å²) in [6.45, 7) is 2.11. The molecule has 0 aromatic heterocycles. The zero-order valence-corrected chi connectivity index (χ0v) is 9.42. The Labute approximate surface area is 90.0 Å². The standard InChI is InChI=1S/C10H15NO3S/c1-2-11-15(13,14)8-10-5-3-9(7-12)4-6-10/h3-6,11-12H,2,7-8H2,1H3. The van der Waals surface area contributed by atoms with Crippen LogP contribution in [0, 0.1) is 0 Å². The average Bonchev–Trinajstić information content (AvgIpc) is 2.18. The lowest BCUT2D eigenvalue weighted by Crippen LogP contribution is -2.24. The molecule has 0 heterocycles. The SMILES string of the molecule is CCNS(=O)(=O)Cc1ccc(CO)cc1. The molecule has 15 heavy (non-hydrogen) atoms. The van der Waals surface area contributed by atoms with E-state index in [1.165, 1.54) is 0 Å². The smallest absolute Gasteiger partial charge is 0.215 e. The zero-order chi connectivity index (χ0) is 11.3. The summed E-state index contributed by atoms with van der Waals surface area (Å²) in [6, 6.07) is 6.86. The van der Waals surface area contributed by atoms with Crippen LogP contribution in [0.15, 0.2) is 24.3 Å². The number of sulfonamides is 1. The van der Waals surface area contributed by atoms with Crippen LogP contribution in [0.1, 0.15) is 18.1 Å². The summed E-state index contributed by atoms with van der Waals surface area (Å²) in [5, 5.41) is 8.81. The second-order valence-electron chi connectivity index (χ2n) is 3.23. The van der Waals surface area contributed by atoms with Crippen LogP contribution in [0.25, 0.3) is 0 Å². The lowest BCUT2D eigenvalue weighted by Gasteiger charge is -2.04. The van der Waals surface area contributed by atoms with Gasteiger partial charge >= 0.3 is 0 Å². The third-order valence-electron chi connectivity index (χ3n) is 1.93. The third-order valence-corrected chi connectivity index (χ3v) is 3.37. The maximum atomic E-state index is 11.4. The Kier molecular flexibility index (Phi) is 4.26. The molecular formula is C10H15NO3S. The maximum absolute atomic E-state index is 11.4. The largest absolute Gasteiger partial charge is 0.392 e. The Balaban J connectivity index is 2.73. The number of aliphatic hydroxyl groups excluding tert-OH is 1. The van der Waals surface area contributed by atoms with Crippen molar-refractivity contribution in [3.63, 3.8) is 0 Å². The average molecular weight is 229 g/mol. The minimum atomic E-state index is -3.22. The van der Waals surface area contributed by atoms with E-state index in [2.05, 4.69) is 4.72 Å². The molecule has 1 rings (SSSR count). The van der Waals surface area contributed by atoms with Gasteiger partial charge in [0.25, 0.3) is 0 Å².